The molecule has 0 spiro atoms. The molecular formula is C7H13N3O3. The molecule has 74 valence electrons. The van der Waals surface area contributed by atoms with E-state index in [0.717, 1.165) is 0 Å². The fourth-order valence-electron chi connectivity index (χ4n) is 0.413. The molecule has 0 unspecified atom stereocenters. The van der Waals surface area contributed by atoms with Gasteiger partial charge in [0.15, 0.2) is 0 Å². The Morgan fingerprint density at radius 2 is 1.62 bits per heavy atom. The van der Waals surface area contributed by atoms with Gasteiger partial charge in [-0.05, 0) is 13.8 Å². The lowest BCUT2D eigenvalue weighted by Gasteiger charge is -2.19. The van der Waals surface area contributed by atoms with Gasteiger partial charge in [0.1, 0.15) is 5.41 Å². The Hall–Kier alpha value is -1.59. The van der Waals surface area contributed by atoms with E-state index in [-0.39, 0.29) is 0 Å². The first-order valence-corrected chi connectivity index (χ1v) is 3.65. The highest BCUT2D eigenvalue weighted by molar-refractivity contribution is 6.03. The third-order valence-corrected chi connectivity index (χ3v) is 1.54. The van der Waals surface area contributed by atoms with E-state index in [2.05, 4.69) is 10.9 Å². The van der Waals surface area contributed by atoms with Gasteiger partial charge < -0.3 is 5.73 Å². The second-order valence-corrected chi connectivity index (χ2v) is 3.12. The molecule has 0 saturated heterocycles. The van der Waals surface area contributed by atoms with Gasteiger partial charge in [0.05, 0.1) is 0 Å². The van der Waals surface area contributed by atoms with Gasteiger partial charge in [-0.3, -0.25) is 25.2 Å². The van der Waals surface area contributed by atoms with Crippen molar-refractivity contribution in [1.82, 2.24) is 10.9 Å². The average Bonchev–Trinajstić information content (AvgIpc) is 1.99. The molecule has 0 aromatic rings. The number of carbonyl (C=O) groups excluding carboxylic acids is 3. The van der Waals surface area contributed by atoms with Gasteiger partial charge in [0.25, 0.3) is 5.91 Å². The van der Waals surface area contributed by atoms with Crippen molar-refractivity contribution in [2.75, 3.05) is 0 Å². The molecule has 0 aliphatic carbocycles. The molecule has 3 amide bonds. The van der Waals surface area contributed by atoms with Gasteiger partial charge in [0.2, 0.25) is 11.8 Å². The number of amides is 3. The smallest absolute Gasteiger partial charge is 0.253 e. The van der Waals surface area contributed by atoms with E-state index >= 15 is 0 Å². The van der Waals surface area contributed by atoms with Gasteiger partial charge in [-0.15, -0.1) is 0 Å². The van der Waals surface area contributed by atoms with Crippen molar-refractivity contribution in [3.8, 4) is 0 Å². The zero-order valence-corrected chi connectivity index (χ0v) is 7.80. The summed E-state index contributed by atoms with van der Waals surface area (Å²) < 4.78 is 0. The molecule has 13 heavy (non-hydrogen) atoms. The summed E-state index contributed by atoms with van der Waals surface area (Å²) in [6, 6.07) is 0. The number of rotatable bonds is 2. The normalized spacial score (nSPS) is 10.4. The molecular weight excluding hydrogens is 174 g/mol. The standard InChI is InChI=1S/C7H13N3O3/c1-4(11)9-10-6(13)7(2,3)5(8)12/h1-3H3,(H2,8,12)(H,9,11)(H,10,13). The minimum absolute atomic E-state index is 0.423. The SMILES string of the molecule is CC(=O)NNC(=O)C(C)(C)C(N)=O. The highest BCUT2D eigenvalue weighted by atomic mass is 16.2. The molecule has 0 aromatic heterocycles. The molecule has 0 radical (unpaired) electrons. The lowest BCUT2D eigenvalue weighted by Crippen LogP contribution is -2.51. The lowest BCUT2D eigenvalue weighted by atomic mass is 9.92. The molecule has 0 aliphatic rings. The van der Waals surface area contributed by atoms with Crippen molar-refractivity contribution >= 4 is 17.7 Å². The molecule has 0 saturated carbocycles. The van der Waals surface area contributed by atoms with Crippen LogP contribution in [0.2, 0.25) is 0 Å². The molecule has 0 atom stereocenters. The van der Waals surface area contributed by atoms with E-state index in [1.165, 1.54) is 20.8 Å². The lowest BCUT2D eigenvalue weighted by molar-refractivity contribution is -0.141. The Labute approximate surface area is 75.8 Å². The van der Waals surface area contributed by atoms with Crippen molar-refractivity contribution in [3.63, 3.8) is 0 Å². The number of hydrogen-bond donors (Lipinski definition) is 3. The van der Waals surface area contributed by atoms with Gasteiger partial charge in [-0.25, -0.2) is 0 Å². The maximum absolute atomic E-state index is 11.2. The van der Waals surface area contributed by atoms with Crippen LogP contribution in [0.25, 0.3) is 0 Å². The van der Waals surface area contributed by atoms with Gasteiger partial charge in [0, 0.05) is 6.92 Å². The third kappa shape index (κ3) is 3.10. The van der Waals surface area contributed by atoms with E-state index in [1.807, 2.05) is 0 Å². The van der Waals surface area contributed by atoms with Crippen molar-refractivity contribution < 1.29 is 14.4 Å². The second-order valence-electron chi connectivity index (χ2n) is 3.12. The van der Waals surface area contributed by atoms with E-state index in [4.69, 9.17) is 5.73 Å². The van der Waals surface area contributed by atoms with Crippen LogP contribution in [0.1, 0.15) is 20.8 Å². The highest BCUT2D eigenvalue weighted by Gasteiger charge is 2.33. The van der Waals surface area contributed by atoms with E-state index < -0.39 is 23.1 Å². The summed E-state index contributed by atoms with van der Waals surface area (Å²) in [7, 11) is 0. The zero-order chi connectivity index (χ0) is 10.6. The second kappa shape index (κ2) is 3.88. The maximum atomic E-state index is 11.2. The molecule has 0 bridgehead atoms. The molecule has 0 aliphatic heterocycles. The Morgan fingerprint density at radius 1 is 1.15 bits per heavy atom. The van der Waals surface area contributed by atoms with Crippen LogP contribution in [0.3, 0.4) is 0 Å². The topological polar surface area (TPSA) is 101 Å². The van der Waals surface area contributed by atoms with Gasteiger partial charge in [-0.2, -0.15) is 0 Å². The number of nitrogens with one attached hydrogen (secondary N) is 2. The molecule has 0 rings (SSSR count). The molecule has 0 heterocycles. The Balaban J connectivity index is 4.26. The molecule has 6 nitrogen and oxygen atoms in total. The summed E-state index contributed by atoms with van der Waals surface area (Å²) >= 11 is 0. The monoisotopic (exact) mass is 187 g/mol. The minimum atomic E-state index is -1.33. The number of nitrogens with two attached hydrogens (primary N) is 1. The van der Waals surface area contributed by atoms with Crippen molar-refractivity contribution in [3.05, 3.63) is 0 Å². The van der Waals surface area contributed by atoms with Crippen molar-refractivity contribution in [1.29, 1.82) is 0 Å². The van der Waals surface area contributed by atoms with Crippen LogP contribution in [0, 0.1) is 5.41 Å². The van der Waals surface area contributed by atoms with Crippen molar-refractivity contribution in [2.45, 2.75) is 20.8 Å². The van der Waals surface area contributed by atoms with Crippen LogP contribution in [0.4, 0.5) is 0 Å². The summed E-state index contributed by atoms with van der Waals surface area (Å²) in [4.78, 5) is 32.3. The first-order chi connectivity index (χ1) is 5.78. The van der Waals surface area contributed by atoms with E-state index in [9.17, 15) is 14.4 Å². The fourth-order valence-corrected chi connectivity index (χ4v) is 0.413. The summed E-state index contributed by atoms with van der Waals surface area (Å²) in [5, 5.41) is 0. The number of hydrazine groups is 1. The van der Waals surface area contributed by atoms with E-state index in [1.54, 1.807) is 0 Å². The predicted molar refractivity (Wildman–Crippen MR) is 44.9 cm³/mol. The Kier molecular flexibility index (Phi) is 3.41. The highest BCUT2D eigenvalue weighted by Crippen LogP contribution is 2.12. The molecule has 6 heteroatoms. The van der Waals surface area contributed by atoms with Crippen LogP contribution < -0.4 is 16.6 Å². The summed E-state index contributed by atoms with van der Waals surface area (Å²) in [6.07, 6.45) is 0. The van der Waals surface area contributed by atoms with Crippen LogP contribution in [-0.4, -0.2) is 17.7 Å². The van der Waals surface area contributed by atoms with E-state index in [0.29, 0.717) is 0 Å². The fraction of sp³-hybridized carbons (Fsp3) is 0.571. The van der Waals surface area contributed by atoms with Crippen molar-refractivity contribution in [2.24, 2.45) is 11.1 Å². The minimum Gasteiger partial charge on any atom is -0.369 e. The quantitative estimate of drug-likeness (QED) is 0.368. The third-order valence-electron chi connectivity index (χ3n) is 1.54. The number of primary amides is 1. The molecule has 0 aromatic carbocycles. The maximum Gasteiger partial charge on any atom is 0.253 e. The van der Waals surface area contributed by atoms with Crippen LogP contribution in [0.15, 0.2) is 0 Å². The largest absolute Gasteiger partial charge is 0.369 e. The average molecular weight is 187 g/mol. The van der Waals surface area contributed by atoms with Gasteiger partial charge in [-0.1, -0.05) is 0 Å². The summed E-state index contributed by atoms with van der Waals surface area (Å²) in [6.45, 7) is 3.97. The Morgan fingerprint density at radius 3 is 1.92 bits per heavy atom. The first-order valence-electron chi connectivity index (χ1n) is 3.65. The first kappa shape index (κ1) is 11.4. The summed E-state index contributed by atoms with van der Waals surface area (Å²) in [5.41, 5.74) is 7.76. The van der Waals surface area contributed by atoms with Crippen LogP contribution in [-0.2, 0) is 14.4 Å². The predicted octanol–water partition coefficient (Wildman–Crippen LogP) is -1.33. The van der Waals surface area contributed by atoms with Gasteiger partial charge >= 0.3 is 0 Å². The number of carbonyl (C=O) groups is 3. The number of hydrogen-bond acceptors (Lipinski definition) is 3. The Bertz CT molecular complexity index is 247. The summed E-state index contributed by atoms with van der Waals surface area (Å²) in [5.74, 6) is -1.82. The van der Waals surface area contributed by atoms with Crippen LogP contribution in [0.5, 0.6) is 0 Å². The molecule has 0 fully saturated rings. The van der Waals surface area contributed by atoms with Crippen LogP contribution >= 0.6 is 0 Å². The molecule has 4 N–H and O–H groups in total. The zero-order valence-electron chi connectivity index (χ0n) is 7.80.